The molecule has 10 nitrogen and oxygen atoms in total. The van der Waals surface area contributed by atoms with Gasteiger partial charge in [-0.1, -0.05) is 23.2 Å². The Balaban J connectivity index is 1.60. The molecule has 0 saturated carbocycles. The molecule has 0 bridgehead atoms. The van der Waals surface area contributed by atoms with Gasteiger partial charge < -0.3 is 21.3 Å². The molecule has 0 radical (unpaired) electrons. The van der Waals surface area contributed by atoms with Gasteiger partial charge >= 0.3 is 6.03 Å². The number of carbonyl (C=O) groups is 2. The van der Waals surface area contributed by atoms with Gasteiger partial charge in [-0.3, -0.25) is 9.78 Å². The van der Waals surface area contributed by atoms with E-state index in [4.69, 9.17) is 28.9 Å². The van der Waals surface area contributed by atoms with Crippen molar-refractivity contribution in [2.45, 2.75) is 6.54 Å². The Bertz CT molecular complexity index is 1400. The van der Waals surface area contributed by atoms with Crippen LogP contribution >= 0.6 is 23.2 Å². The van der Waals surface area contributed by atoms with Gasteiger partial charge in [-0.15, -0.1) is 0 Å². The van der Waals surface area contributed by atoms with E-state index in [0.29, 0.717) is 39.0 Å². The Morgan fingerprint density at radius 2 is 1.91 bits per heavy atom. The summed E-state index contributed by atoms with van der Waals surface area (Å²) < 4.78 is 1.61. The fourth-order valence-electron chi connectivity index (χ4n) is 3.41. The zero-order chi connectivity index (χ0) is 24.4. The smallest absolute Gasteiger partial charge is 0.323 e. The van der Waals surface area contributed by atoms with Crippen molar-refractivity contribution in [2.24, 2.45) is 0 Å². The molecular formula is C22H20Cl2N8O2. The number of hydrogen-bond acceptors (Lipinski definition) is 7. The highest BCUT2D eigenvalue weighted by Gasteiger charge is 2.21. The predicted octanol–water partition coefficient (Wildman–Crippen LogP) is 3.95. The number of fused-ring (bicyclic) bond motifs is 1. The largest absolute Gasteiger partial charge is 0.382 e. The third-order valence-electron chi connectivity index (χ3n) is 4.82. The Labute approximate surface area is 204 Å². The van der Waals surface area contributed by atoms with Crippen molar-refractivity contribution in [3.63, 3.8) is 0 Å². The summed E-state index contributed by atoms with van der Waals surface area (Å²) in [5.74, 6) is -0.147. The molecule has 0 unspecified atom stereocenters. The number of halogens is 2. The SMILES string of the molecule is CN(C)Cc1cc(C(=O)c2cncc(NC(=O)Nc3ccc(Cl)cc3Cl)c2)c2c(N)ncnn12. The third-order valence-corrected chi connectivity index (χ3v) is 5.36. The van der Waals surface area contributed by atoms with Gasteiger partial charge in [0.2, 0.25) is 0 Å². The number of urea groups is 1. The minimum absolute atomic E-state index is 0.185. The first-order valence-corrected chi connectivity index (χ1v) is 10.8. The monoisotopic (exact) mass is 498 g/mol. The van der Waals surface area contributed by atoms with Crippen LogP contribution in [0, 0.1) is 0 Å². The van der Waals surface area contributed by atoms with Crippen molar-refractivity contribution in [3.05, 3.63) is 75.9 Å². The molecule has 3 heterocycles. The summed E-state index contributed by atoms with van der Waals surface area (Å²) in [6, 6.07) is 7.40. The van der Waals surface area contributed by atoms with Crippen molar-refractivity contribution in [1.82, 2.24) is 24.5 Å². The van der Waals surface area contributed by atoms with Crippen LogP contribution < -0.4 is 16.4 Å². The maximum Gasteiger partial charge on any atom is 0.323 e. The van der Waals surface area contributed by atoms with Crippen molar-refractivity contribution in [1.29, 1.82) is 0 Å². The van der Waals surface area contributed by atoms with Gasteiger partial charge in [0.05, 0.1) is 33.9 Å². The van der Waals surface area contributed by atoms with Gasteiger partial charge in [-0.05, 0) is 44.4 Å². The lowest BCUT2D eigenvalue weighted by Gasteiger charge is -2.10. The average molecular weight is 499 g/mol. The van der Waals surface area contributed by atoms with Crippen molar-refractivity contribution in [2.75, 3.05) is 30.5 Å². The summed E-state index contributed by atoms with van der Waals surface area (Å²) in [6.45, 7) is 0.540. The van der Waals surface area contributed by atoms with Crippen LogP contribution in [0.1, 0.15) is 21.6 Å². The molecule has 0 fully saturated rings. The first-order chi connectivity index (χ1) is 16.2. The van der Waals surface area contributed by atoms with Crippen LogP contribution in [0.15, 0.2) is 49.1 Å². The molecular weight excluding hydrogens is 479 g/mol. The minimum Gasteiger partial charge on any atom is -0.382 e. The predicted molar refractivity (Wildman–Crippen MR) is 132 cm³/mol. The van der Waals surface area contributed by atoms with E-state index in [1.165, 1.54) is 30.9 Å². The Morgan fingerprint density at radius 3 is 2.65 bits per heavy atom. The number of ketones is 1. The lowest BCUT2D eigenvalue weighted by Crippen LogP contribution is -2.20. The molecule has 0 aliphatic rings. The molecule has 0 aliphatic heterocycles. The van der Waals surface area contributed by atoms with Gasteiger partial charge in [-0.2, -0.15) is 5.10 Å². The highest BCUT2D eigenvalue weighted by Crippen LogP contribution is 2.26. The van der Waals surface area contributed by atoms with Crippen LogP contribution in [0.25, 0.3) is 5.52 Å². The highest BCUT2D eigenvalue weighted by atomic mass is 35.5. The molecule has 4 rings (SSSR count). The number of amides is 2. The number of rotatable bonds is 6. The summed E-state index contributed by atoms with van der Waals surface area (Å²) >= 11 is 12.0. The van der Waals surface area contributed by atoms with Crippen LogP contribution in [0.2, 0.25) is 10.0 Å². The third kappa shape index (κ3) is 4.93. The van der Waals surface area contributed by atoms with Gasteiger partial charge in [0.15, 0.2) is 11.6 Å². The van der Waals surface area contributed by atoms with Crippen molar-refractivity contribution < 1.29 is 9.59 Å². The van der Waals surface area contributed by atoms with Crippen LogP contribution in [0.3, 0.4) is 0 Å². The molecule has 1 aromatic carbocycles. The lowest BCUT2D eigenvalue weighted by atomic mass is 10.1. The summed E-state index contributed by atoms with van der Waals surface area (Å²) in [5.41, 5.74) is 8.56. The number of nitrogens with zero attached hydrogens (tertiary/aromatic N) is 5. The topological polar surface area (TPSA) is 131 Å². The lowest BCUT2D eigenvalue weighted by molar-refractivity contribution is 0.104. The number of nitrogens with two attached hydrogens (primary N) is 1. The molecule has 0 aliphatic carbocycles. The maximum absolute atomic E-state index is 13.4. The Hall–Kier alpha value is -3.73. The quantitative estimate of drug-likeness (QED) is 0.343. The van der Waals surface area contributed by atoms with E-state index in [9.17, 15) is 9.59 Å². The second-order valence-electron chi connectivity index (χ2n) is 7.69. The van der Waals surface area contributed by atoms with Gasteiger partial charge in [0.25, 0.3) is 0 Å². The van der Waals surface area contributed by atoms with Crippen LogP contribution in [0.4, 0.5) is 22.0 Å². The number of hydrogen-bond donors (Lipinski definition) is 3. The first kappa shape index (κ1) is 23.4. The molecule has 2 amide bonds. The van der Waals surface area contributed by atoms with Gasteiger partial charge in [-0.25, -0.2) is 14.3 Å². The molecule has 3 aromatic heterocycles. The number of pyridine rings is 1. The molecule has 174 valence electrons. The van der Waals surface area contributed by atoms with E-state index in [0.717, 1.165) is 5.69 Å². The fourth-order valence-corrected chi connectivity index (χ4v) is 3.86. The number of benzene rings is 1. The van der Waals surface area contributed by atoms with E-state index in [-0.39, 0.29) is 17.2 Å². The molecule has 0 atom stereocenters. The Morgan fingerprint density at radius 1 is 1.12 bits per heavy atom. The zero-order valence-corrected chi connectivity index (χ0v) is 19.7. The van der Waals surface area contributed by atoms with Gasteiger partial charge in [0.1, 0.15) is 11.8 Å². The van der Waals surface area contributed by atoms with E-state index >= 15 is 0 Å². The average Bonchev–Trinajstić information content (AvgIpc) is 3.14. The van der Waals surface area contributed by atoms with Crippen LogP contribution in [-0.4, -0.2) is 50.4 Å². The summed E-state index contributed by atoms with van der Waals surface area (Å²) in [7, 11) is 3.82. The highest BCUT2D eigenvalue weighted by molar-refractivity contribution is 6.36. The summed E-state index contributed by atoms with van der Waals surface area (Å²) in [6.07, 6.45) is 4.18. The van der Waals surface area contributed by atoms with Crippen molar-refractivity contribution >= 4 is 57.7 Å². The molecule has 0 saturated heterocycles. The summed E-state index contributed by atoms with van der Waals surface area (Å²) in [5, 5.41) is 10.3. The number of nitrogens with one attached hydrogen (secondary N) is 2. The first-order valence-electron chi connectivity index (χ1n) is 10.0. The molecule has 4 aromatic rings. The fraction of sp³-hybridized carbons (Fsp3) is 0.136. The second-order valence-corrected chi connectivity index (χ2v) is 8.53. The van der Waals surface area contributed by atoms with E-state index in [1.807, 2.05) is 19.0 Å². The standard InChI is InChI=1S/C22H20Cl2N8O2/c1-31(2)10-15-7-16(19-21(25)27-11-28-32(15)19)20(33)12-5-14(9-26-8-12)29-22(34)30-18-4-3-13(23)6-17(18)24/h3-9,11H,10H2,1-2H3,(H2,25,27,28)(H2,29,30,34). The maximum atomic E-state index is 13.4. The normalized spacial score (nSPS) is 11.1. The Kier molecular flexibility index (Phi) is 6.64. The van der Waals surface area contributed by atoms with Gasteiger partial charge in [0, 0.05) is 23.3 Å². The van der Waals surface area contributed by atoms with E-state index < -0.39 is 6.03 Å². The molecule has 0 spiro atoms. The van der Waals surface area contributed by atoms with E-state index in [2.05, 4.69) is 25.7 Å². The minimum atomic E-state index is -0.559. The zero-order valence-electron chi connectivity index (χ0n) is 18.2. The number of aromatic nitrogens is 4. The number of nitrogen functional groups attached to an aromatic ring is 1. The number of anilines is 3. The van der Waals surface area contributed by atoms with Crippen LogP contribution in [-0.2, 0) is 6.54 Å². The van der Waals surface area contributed by atoms with E-state index in [1.54, 1.807) is 22.7 Å². The second kappa shape index (κ2) is 9.64. The molecule has 34 heavy (non-hydrogen) atoms. The van der Waals surface area contributed by atoms with Crippen molar-refractivity contribution in [3.8, 4) is 0 Å². The van der Waals surface area contributed by atoms with Crippen LogP contribution in [0.5, 0.6) is 0 Å². The summed E-state index contributed by atoms with van der Waals surface area (Å²) in [4.78, 5) is 35.9. The molecule has 4 N–H and O–H groups in total. The number of carbonyl (C=O) groups excluding carboxylic acids is 2. The molecule has 12 heteroatoms.